The van der Waals surface area contributed by atoms with Crippen LogP contribution in [0.25, 0.3) is 0 Å². The third kappa shape index (κ3) is 4.63. The molecule has 12 heteroatoms. The van der Waals surface area contributed by atoms with Crippen LogP contribution in [0, 0.1) is 13.8 Å². The third-order valence-electron chi connectivity index (χ3n) is 3.31. The predicted molar refractivity (Wildman–Crippen MR) is 72.6 cm³/mol. The Bertz CT molecular complexity index is 752. The number of ether oxygens (including phenoxy) is 1. The Labute approximate surface area is 138 Å². The SMILES string of the molecule is Cc1ccc(C(=O)OC(CS(=O)(=O)O)(C(F)(F)F)C(F)(F)F)cc1C. The molecular formula is C13H12F6O5S. The monoisotopic (exact) mass is 394 g/mol. The molecule has 0 amide bonds. The number of alkyl halides is 6. The van der Waals surface area contributed by atoms with Gasteiger partial charge in [0.2, 0.25) is 0 Å². The summed E-state index contributed by atoms with van der Waals surface area (Å²) in [4.78, 5) is 11.8. The van der Waals surface area contributed by atoms with Crippen LogP contribution < -0.4 is 0 Å². The van der Waals surface area contributed by atoms with Crippen molar-refractivity contribution < 1.29 is 48.8 Å². The lowest BCUT2D eigenvalue weighted by atomic mass is 10.0. The van der Waals surface area contributed by atoms with Crippen LogP contribution in [0.5, 0.6) is 0 Å². The number of hydrogen-bond acceptors (Lipinski definition) is 4. The molecule has 0 aromatic heterocycles. The fourth-order valence-electron chi connectivity index (χ4n) is 1.81. The van der Waals surface area contributed by atoms with Gasteiger partial charge in [-0.2, -0.15) is 34.8 Å². The van der Waals surface area contributed by atoms with E-state index in [1.165, 1.54) is 13.0 Å². The van der Waals surface area contributed by atoms with Crippen molar-refractivity contribution in [1.29, 1.82) is 0 Å². The minimum atomic E-state index is -6.35. The highest BCUT2D eigenvalue weighted by Crippen LogP contribution is 2.47. The number of hydrogen-bond donors (Lipinski definition) is 1. The molecule has 0 aliphatic rings. The van der Waals surface area contributed by atoms with Crippen molar-refractivity contribution in [1.82, 2.24) is 0 Å². The van der Waals surface area contributed by atoms with Crippen molar-refractivity contribution in [2.45, 2.75) is 31.8 Å². The van der Waals surface area contributed by atoms with Gasteiger partial charge in [-0.1, -0.05) is 6.07 Å². The Kier molecular flexibility index (Phi) is 5.50. The fraction of sp³-hybridized carbons (Fsp3) is 0.462. The van der Waals surface area contributed by atoms with Crippen LogP contribution in [0.15, 0.2) is 18.2 Å². The minimum absolute atomic E-state index is 0.383. The van der Waals surface area contributed by atoms with Crippen LogP contribution >= 0.6 is 0 Å². The molecular weight excluding hydrogens is 382 g/mol. The van der Waals surface area contributed by atoms with Gasteiger partial charge in [-0.15, -0.1) is 0 Å². The highest BCUT2D eigenvalue weighted by atomic mass is 32.2. The number of esters is 1. The van der Waals surface area contributed by atoms with E-state index in [9.17, 15) is 39.6 Å². The zero-order chi connectivity index (χ0) is 19.8. The van der Waals surface area contributed by atoms with Crippen molar-refractivity contribution >= 4 is 16.1 Å². The smallest absolute Gasteiger partial charge is 0.435 e. The number of benzene rings is 1. The second-order valence-corrected chi connectivity index (χ2v) is 6.69. The third-order valence-corrected chi connectivity index (χ3v) is 4.08. The molecule has 0 heterocycles. The maximum atomic E-state index is 13.0. The number of carbonyl (C=O) groups excluding carboxylic acids is 1. The van der Waals surface area contributed by atoms with E-state index in [1.54, 1.807) is 6.92 Å². The second kappa shape index (κ2) is 6.48. The first-order valence-corrected chi connectivity index (χ1v) is 8.00. The summed E-state index contributed by atoms with van der Waals surface area (Å²) < 4.78 is 112. The molecule has 0 saturated heterocycles. The molecule has 0 fully saturated rings. The molecule has 25 heavy (non-hydrogen) atoms. The zero-order valence-corrected chi connectivity index (χ0v) is 13.5. The van der Waals surface area contributed by atoms with Gasteiger partial charge in [0.15, 0.2) is 0 Å². The Morgan fingerprint density at radius 1 is 1.04 bits per heavy atom. The van der Waals surface area contributed by atoms with E-state index in [4.69, 9.17) is 4.55 Å². The molecule has 0 unspecified atom stereocenters. The second-order valence-electron chi connectivity index (χ2n) is 5.24. The lowest BCUT2D eigenvalue weighted by molar-refractivity contribution is -0.356. The average molecular weight is 394 g/mol. The van der Waals surface area contributed by atoms with Crippen molar-refractivity contribution in [3.05, 3.63) is 34.9 Å². The molecule has 5 nitrogen and oxygen atoms in total. The maximum Gasteiger partial charge on any atom is 0.438 e. The summed E-state index contributed by atoms with van der Waals surface area (Å²) in [6.45, 7) is 3.03. The van der Waals surface area contributed by atoms with Gasteiger partial charge in [0.25, 0.3) is 10.1 Å². The molecule has 142 valence electrons. The lowest BCUT2D eigenvalue weighted by Crippen LogP contribution is -2.63. The number of halogens is 6. The van der Waals surface area contributed by atoms with E-state index in [-0.39, 0.29) is 0 Å². The first kappa shape index (κ1) is 21.2. The summed E-state index contributed by atoms with van der Waals surface area (Å²) in [5, 5.41) is 0. The van der Waals surface area contributed by atoms with E-state index >= 15 is 0 Å². The highest BCUT2D eigenvalue weighted by Gasteiger charge is 2.76. The van der Waals surface area contributed by atoms with Gasteiger partial charge in [0.1, 0.15) is 5.75 Å². The van der Waals surface area contributed by atoms with Crippen LogP contribution in [-0.4, -0.2) is 42.6 Å². The molecule has 0 radical (unpaired) electrons. The van der Waals surface area contributed by atoms with Crippen LogP contribution in [0.1, 0.15) is 21.5 Å². The van der Waals surface area contributed by atoms with Gasteiger partial charge in [-0.3, -0.25) is 4.55 Å². The Morgan fingerprint density at radius 3 is 1.88 bits per heavy atom. The molecule has 0 saturated carbocycles. The zero-order valence-electron chi connectivity index (χ0n) is 12.7. The van der Waals surface area contributed by atoms with E-state index < -0.39 is 45.4 Å². The van der Waals surface area contributed by atoms with Crippen molar-refractivity contribution in [3.63, 3.8) is 0 Å². The van der Waals surface area contributed by atoms with Gasteiger partial charge in [0.05, 0.1) is 5.56 Å². The Hall–Kier alpha value is -1.82. The number of carbonyl (C=O) groups is 1. The van der Waals surface area contributed by atoms with Crippen LogP contribution in [0.2, 0.25) is 0 Å². The van der Waals surface area contributed by atoms with Gasteiger partial charge in [0, 0.05) is 0 Å². The first-order valence-electron chi connectivity index (χ1n) is 6.39. The highest BCUT2D eigenvalue weighted by molar-refractivity contribution is 7.85. The van der Waals surface area contributed by atoms with E-state index in [0.29, 0.717) is 11.1 Å². The summed E-state index contributed by atoms with van der Waals surface area (Å²) in [6.07, 6.45) is -12.7. The van der Waals surface area contributed by atoms with Crippen LogP contribution in [0.4, 0.5) is 26.3 Å². The fourth-order valence-corrected chi connectivity index (χ4v) is 2.71. The predicted octanol–water partition coefficient (Wildman–Crippen LogP) is 3.21. The largest absolute Gasteiger partial charge is 0.438 e. The van der Waals surface area contributed by atoms with Gasteiger partial charge >= 0.3 is 23.9 Å². The van der Waals surface area contributed by atoms with Crippen LogP contribution in [0.3, 0.4) is 0 Å². The summed E-state index contributed by atoms with van der Waals surface area (Å²) in [5.41, 5.74) is -5.07. The van der Waals surface area contributed by atoms with E-state index in [0.717, 1.165) is 12.1 Å². The summed E-state index contributed by atoms with van der Waals surface area (Å²) >= 11 is 0. The Morgan fingerprint density at radius 2 is 1.52 bits per heavy atom. The first-order chi connectivity index (χ1) is 11.0. The van der Waals surface area contributed by atoms with Gasteiger partial charge < -0.3 is 4.74 Å². The summed E-state index contributed by atoms with van der Waals surface area (Å²) in [5.74, 6) is -4.95. The molecule has 0 atom stereocenters. The van der Waals surface area contributed by atoms with Crippen molar-refractivity contribution in [3.8, 4) is 0 Å². The molecule has 0 aliphatic carbocycles. The molecule has 0 aliphatic heterocycles. The summed E-state index contributed by atoms with van der Waals surface area (Å²) in [7, 11) is -5.81. The topological polar surface area (TPSA) is 80.7 Å². The molecule has 1 aromatic carbocycles. The quantitative estimate of drug-likeness (QED) is 0.482. The van der Waals surface area contributed by atoms with Crippen molar-refractivity contribution in [2.24, 2.45) is 0 Å². The summed E-state index contributed by atoms with van der Waals surface area (Å²) in [6, 6.07) is 3.18. The van der Waals surface area contributed by atoms with E-state index in [1.807, 2.05) is 0 Å². The number of rotatable bonds is 4. The minimum Gasteiger partial charge on any atom is -0.435 e. The lowest BCUT2D eigenvalue weighted by Gasteiger charge is -2.35. The Balaban J connectivity index is 3.46. The van der Waals surface area contributed by atoms with Gasteiger partial charge in [-0.25, -0.2) is 4.79 Å². The molecule has 0 bridgehead atoms. The average Bonchev–Trinajstić information content (AvgIpc) is 2.36. The van der Waals surface area contributed by atoms with Crippen molar-refractivity contribution in [2.75, 3.05) is 5.75 Å². The molecule has 1 aromatic rings. The molecule has 0 spiro atoms. The van der Waals surface area contributed by atoms with Crippen LogP contribution in [-0.2, 0) is 14.9 Å². The van der Waals surface area contributed by atoms with Gasteiger partial charge in [-0.05, 0) is 37.1 Å². The maximum absolute atomic E-state index is 13.0. The normalized spacial score (nSPS) is 13.6. The number of aryl methyl sites for hydroxylation is 2. The molecule has 1 rings (SSSR count). The molecule has 1 N–H and O–H groups in total. The standard InChI is InChI=1S/C13H12F6O5S/c1-7-3-4-9(5-8(7)2)10(20)24-11(12(14,15)16,13(17,18)19)6-25(21,22)23/h3-5H,6H2,1-2H3,(H,21,22,23). The van der Waals surface area contributed by atoms with E-state index in [2.05, 4.69) is 4.74 Å².